The van der Waals surface area contributed by atoms with Gasteiger partial charge in [0.25, 0.3) is 0 Å². The van der Waals surface area contributed by atoms with Crippen molar-refractivity contribution in [2.24, 2.45) is 0 Å². The van der Waals surface area contributed by atoms with Crippen LogP contribution in [0.25, 0.3) is 11.4 Å². The molecule has 1 unspecified atom stereocenters. The maximum Gasteiger partial charge on any atom is 0.227 e. The smallest absolute Gasteiger partial charge is 0.227 e. The van der Waals surface area contributed by atoms with Crippen molar-refractivity contribution in [1.29, 1.82) is 0 Å². The molecule has 5 rings (SSSR count). The van der Waals surface area contributed by atoms with Crippen LogP contribution < -0.4 is 0 Å². The SMILES string of the molecule is O=C(CCc1nc(-c2ccncc2)no1)N(C1CC1)C1CCCc2ccccc21. The van der Waals surface area contributed by atoms with Gasteiger partial charge in [-0.3, -0.25) is 9.78 Å². The van der Waals surface area contributed by atoms with Crippen LogP contribution in [0.5, 0.6) is 0 Å². The number of amides is 1. The molecule has 0 saturated heterocycles. The molecule has 0 N–H and O–H groups in total. The molecule has 1 fully saturated rings. The Labute approximate surface area is 170 Å². The fourth-order valence-electron chi connectivity index (χ4n) is 4.32. The summed E-state index contributed by atoms with van der Waals surface area (Å²) in [6.07, 6.45) is 9.77. The molecule has 0 aliphatic heterocycles. The van der Waals surface area contributed by atoms with E-state index in [1.807, 2.05) is 12.1 Å². The zero-order valence-electron chi connectivity index (χ0n) is 16.3. The molecule has 3 aromatic rings. The molecule has 2 aliphatic carbocycles. The maximum atomic E-state index is 13.2. The maximum absolute atomic E-state index is 13.2. The van der Waals surface area contributed by atoms with E-state index in [2.05, 4.69) is 44.3 Å². The molecule has 2 aromatic heterocycles. The third-order valence-corrected chi connectivity index (χ3v) is 5.86. The van der Waals surface area contributed by atoms with Gasteiger partial charge in [-0.05, 0) is 55.4 Å². The van der Waals surface area contributed by atoms with Gasteiger partial charge < -0.3 is 9.42 Å². The zero-order chi connectivity index (χ0) is 19.6. The van der Waals surface area contributed by atoms with E-state index in [9.17, 15) is 4.79 Å². The number of benzene rings is 1. The molecule has 6 nitrogen and oxygen atoms in total. The largest absolute Gasteiger partial charge is 0.339 e. The van der Waals surface area contributed by atoms with E-state index in [-0.39, 0.29) is 11.9 Å². The van der Waals surface area contributed by atoms with Crippen molar-refractivity contribution in [3.05, 3.63) is 65.8 Å². The Balaban J connectivity index is 1.29. The highest BCUT2D eigenvalue weighted by atomic mass is 16.5. The predicted molar refractivity (Wildman–Crippen MR) is 108 cm³/mol. The summed E-state index contributed by atoms with van der Waals surface area (Å²) in [5, 5.41) is 4.04. The van der Waals surface area contributed by atoms with Gasteiger partial charge in [0.05, 0.1) is 6.04 Å². The second kappa shape index (κ2) is 7.78. The number of nitrogens with zero attached hydrogens (tertiary/aromatic N) is 4. The molecule has 1 saturated carbocycles. The number of hydrogen-bond donors (Lipinski definition) is 0. The summed E-state index contributed by atoms with van der Waals surface area (Å²) in [4.78, 5) is 23.8. The van der Waals surface area contributed by atoms with E-state index in [0.717, 1.165) is 37.7 Å². The highest BCUT2D eigenvalue weighted by Gasteiger charge is 2.39. The number of carbonyl (C=O) groups excluding carboxylic acids is 1. The van der Waals surface area contributed by atoms with E-state index in [4.69, 9.17) is 4.52 Å². The normalized spacial score (nSPS) is 18.3. The zero-order valence-corrected chi connectivity index (χ0v) is 16.3. The lowest BCUT2D eigenvalue weighted by atomic mass is 9.86. The number of fused-ring (bicyclic) bond motifs is 1. The minimum absolute atomic E-state index is 0.192. The summed E-state index contributed by atoms with van der Waals surface area (Å²) in [6, 6.07) is 12.9. The summed E-state index contributed by atoms with van der Waals surface area (Å²) >= 11 is 0. The fraction of sp³-hybridized carbons (Fsp3) is 0.391. The Morgan fingerprint density at radius 2 is 1.93 bits per heavy atom. The molecule has 0 radical (unpaired) electrons. The quantitative estimate of drug-likeness (QED) is 0.635. The number of carbonyl (C=O) groups is 1. The lowest BCUT2D eigenvalue weighted by molar-refractivity contribution is -0.134. The molecule has 0 spiro atoms. The van der Waals surface area contributed by atoms with Crippen LogP contribution in [0.3, 0.4) is 0 Å². The number of aromatic nitrogens is 3. The minimum Gasteiger partial charge on any atom is -0.339 e. The second-order valence-electron chi connectivity index (χ2n) is 7.89. The Bertz CT molecular complexity index is 997. The predicted octanol–water partition coefficient (Wildman–Crippen LogP) is 4.13. The minimum atomic E-state index is 0.192. The van der Waals surface area contributed by atoms with Crippen LogP contribution in [0.1, 0.15) is 55.2 Å². The van der Waals surface area contributed by atoms with E-state index in [1.54, 1.807) is 12.4 Å². The standard InChI is InChI=1S/C23H24N4O2/c28-22(11-10-21-25-23(26-29-21)17-12-14-24-15-13-17)27(18-8-9-18)20-7-3-5-16-4-1-2-6-19(16)20/h1-2,4,6,12-15,18,20H,3,5,7-11H2. The Morgan fingerprint density at radius 3 is 2.76 bits per heavy atom. The van der Waals surface area contributed by atoms with Gasteiger partial charge in [0.15, 0.2) is 0 Å². The highest BCUT2D eigenvalue weighted by Crippen LogP contribution is 2.41. The van der Waals surface area contributed by atoms with E-state index >= 15 is 0 Å². The second-order valence-corrected chi connectivity index (χ2v) is 7.89. The van der Waals surface area contributed by atoms with Gasteiger partial charge in [0.2, 0.25) is 17.6 Å². The van der Waals surface area contributed by atoms with Gasteiger partial charge in [0.1, 0.15) is 0 Å². The molecule has 1 aromatic carbocycles. The summed E-state index contributed by atoms with van der Waals surface area (Å²) in [7, 11) is 0. The van der Waals surface area contributed by atoms with Gasteiger partial charge in [0, 0.05) is 36.8 Å². The first-order valence-corrected chi connectivity index (χ1v) is 10.4. The Kier molecular flexibility index (Phi) is 4.84. The molecule has 29 heavy (non-hydrogen) atoms. The van der Waals surface area contributed by atoms with Crippen LogP contribution in [-0.2, 0) is 17.6 Å². The molecule has 0 bridgehead atoms. The van der Waals surface area contributed by atoms with Crippen molar-refractivity contribution >= 4 is 5.91 Å². The van der Waals surface area contributed by atoms with Crippen LogP contribution in [0.15, 0.2) is 53.3 Å². The highest BCUT2D eigenvalue weighted by molar-refractivity contribution is 5.77. The van der Waals surface area contributed by atoms with Crippen LogP contribution >= 0.6 is 0 Å². The van der Waals surface area contributed by atoms with Gasteiger partial charge in [-0.2, -0.15) is 4.98 Å². The molecule has 1 amide bonds. The number of pyridine rings is 1. The van der Waals surface area contributed by atoms with Crippen LogP contribution in [-0.4, -0.2) is 32.0 Å². The lowest BCUT2D eigenvalue weighted by Gasteiger charge is -2.36. The third-order valence-electron chi connectivity index (χ3n) is 5.86. The van der Waals surface area contributed by atoms with Crippen molar-refractivity contribution < 1.29 is 9.32 Å². The number of aryl methyl sites for hydroxylation is 2. The van der Waals surface area contributed by atoms with Crippen molar-refractivity contribution in [3.63, 3.8) is 0 Å². The molecule has 148 valence electrons. The number of rotatable bonds is 6. The molecule has 2 heterocycles. The Morgan fingerprint density at radius 1 is 1.10 bits per heavy atom. The molecule has 2 aliphatic rings. The lowest BCUT2D eigenvalue weighted by Crippen LogP contribution is -2.38. The van der Waals surface area contributed by atoms with Crippen LogP contribution in [0, 0.1) is 0 Å². The van der Waals surface area contributed by atoms with E-state index in [0.29, 0.717) is 30.6 Å². The monoisotopic (exact) mass is 388 g/mol. The van der Waals surface area contributed by atoms with Gasteiger partial charge in [-0.25, -0.2) is 0 Å². The van der Waals surface area contributed by atoms with Gasteiger partial charge in [-0.1, -0.05) is 29.4 Å². The average molecular weight is 388 g/mol. The average Bonchev–Trinajstić information content (AvgIpc) is 3.49. The molecule has 6 heteroatoms. The van der Waals surface area contributed by atoms with Crippen LogP contribution in [0.4, 0.5) is 0 Å². The molecular formula is C23H24N4O2. The van der Waals surface area contributed by atoms with E-state index < -0.39 is 0 Å². The van der Waals surface area contributed by atoms with Crippen molar-refractivity contribution in [2.45, 2.75) is 57.0 Å². The first-order valence-electron chi connectivity index (χ1n) is 10.4. The first kappa shape index (κ1) is 18.0. The van der Waals surface area contributed by atoms with Crippen LogP contribution in [0.2, 0.25) is 0 Å². The number of hydrogen-bond acceptors (Lipinski definition) is 5. The first-order chi connectivity index (χ1) is 14.3. The summed E-state index contributed by atoms with van der Waals surface area (Å²) in [6.45, 7) is 0. The van der Waals surface area contributed by atoms with Gasteiger partial charge >= 0.3 is 0 Å². The topological polar surface area (TPSA) is 72.1 Å². The van der Waals surface area contributed by atoms with Crippen molar-refractivity contribution in [3.8, 4) is 11.4 Å². The summed E-state index contributed by atoms with van der Waals surface area (Å²) in [5.74, 6) is 1.23. The third kappa shape index (κ3) is 3.79. The molecular weight excluding hydrogens is 364 g/mol. The summed E-state index contributed by atoms with van der Waals surface area (Å²) in [5.41, 5.74) is 3.58. The van der Waals surface area contributed by atoms with Gasteiger partial charge in [-0.15, -0.1) is 0 Å². The molecule has 1 atom stereocenters. The fourth-order valence-corrected chi connectivity index (χ4v) is 4.32. The van der Waals surface area contributed by atoms with Crippen molar-refractivity contribution in [1.82, 2.24) is 20.0 Å². The van der Waals surface area contributed by atoms with Crippen molar-refractivity contribution in [2.75, 3.05) is 0 Å². The van der Waals surface area contributed by atoms with E-state index in [1.165, 1.54) is 11.1 Å². The Hall–Kier alpha value is -3.02. The summed E-state index contributed by atoms with van der Waals surface area (Å²) < 4.78 is 5.37.